The number of thiophene rings is 1. The van der Waals surface area contributed by atoms with Crippen LogP contribution in [0.15, 0.2) is 21.8 Å². The van der Waals surface area contributed by atoms with Crippen molar-refractivity contribution in [2.75, 3.05) is 31.9 Å². The summed E-state index contributed by atoms with van der Waals surface area (Å²) in [5.74, 6) is 1.38. The van der Waals surface area contributed by atoms with E-state index in [1.807, 2.05) is 0 Å². The van der Waals surface area contributed by atoms with Crippen LogP contribution < -0.4 is 10.6 Å². The average molecular weight is 514 g/mol. The van der Waals surface area contributed by atoms with Crippen LogP contribution in [0.4, 0.5) is 0 Å². The third-order valence-electron chi connectivity index (χ3n) is 4.53. The Hall–Kier alpha value is -0.390. The molecule has 1 atom stereocenters. The number of rotatable bonds is 7. The van der Waals surface area contributed by atoms with Crippen LogP contribution in [0.2, 0.25) is 0 Å². The van der Waals surface area contributed by atoms with Crippen molar-refractivity contribution >= 4 is 51.3 Å². The minimum absolute atomic E-state index is 0. The van der Waals surface area contributed by atoms with Crippen LogP contribution in [0, 0.1) is 0 Å². The third-order valence-corrected chi connectivity index (χ3v) is 7.12. The maximum absolute atomic E-state index is 11.9. The Balaban J connectivity index is 0.00000338. The van der Waals surface area contributed by atoms with E-state index >= 15 is 0 Å². The molecule has 1 saturated heterocycles. The van der Waals surface area contributed by atoms with Gasteiger partial charge in [0.1, 0.15) is 0 Å². The number of nitrogens with zero attached hydrogens (tertiary/aromatic N) is 2. The van der Waals surface area contributed by atoms with E-state index < -0.39 is 10.0 Å². The fourth-order valence-corrected chi connectivity index (χ4v) is 4.78. The second-order valence-electron chi connectivity index (χ2n) is 6.40. The van der Waals surface area contributed by atoms with Gasteiger partial charge in [0.25, 0.3) is 0 Å². The maximum atomic E-state index is 11.9. The monoisotopic (exact) mass is 514 g/mol. The zero-order valence-electron chi connectivity index (χ0n) is 15.8. The van der Waals surface area contributed by atoms with E-state index in [1.54, 1.807) is 22.6 Å². The molecular weight excluding hydrogens is 483 g/mol. The predicted molar refractivity (Wildman–Crippen MR) is 121 cm³/mol. The third kappa shape index (κ3) is 6.97. The van der Waals surface area contributed by atoms with E-state index in [0.717, 1.165) is 31.9 Å². The van der Waals surface area contributed by atoms with E-state index in [4.69, 9.17) is 4.99 Å². The molecule has 9 heteroatoms. The van der Waals surface area contributed by atoms with Crippen LogP contribution in [0.25, 0.3) is 0 Å². The maximum Gasteiger partial charge on any atom is 0.213 e. The van der Waals surface area contributed by atoms with E-state index in [1.165, 1.54) is 5.56 Å². The first-order chi connectivity index (χ1) is 12.0. The van der Waals surface area contributed by atoms with Gasteiger partial charge in [-0.2, -0.15) is 11.3 Å². The summed E-state index contributed by atoms with van der Waals surface area (Å²) >= 11 is 1.71. The summed E-state index contributed by atoms with van der Waals surface area (Å²) in [6, 6.07) is 2.41. The molecule has 1 aliphatic rings. The van der Waals surface area contributed by atoms with Gasteiger partial charge in [-0.05, 0) is 49.1 Å². The van der Waals surface area contributed by atoms with E-state index in [2.05, 4.69) is 41.3 Å². The highest BCUT2D eigenvalue weighted by molar-refractivity contribution is 14.0. The summed E-state index contributed by atoms with van der Waals surface area (Å²) in [5, 5.41) is 11.0. The largest absolute Gasteiger partial charge is 0.357 e. The second kappa shape index (κ2) is 11.5. The van der Waals surface area contributed by atoms with Gasteiger partial charge >= 0.3 is 0 Å². The number of halogens is 1. The molecule has 0 saturated carbocycles. The summed E-state index contributed by atoms with van der Waals surface area (Å²) in [6.45, 7) is 8.64. The standard InChI is InChI=1S/C17H30N4O2S2.HI/c1-4-18-17(19-12-14(3)15-8-11-24-13-15)20-16-6-9-21(10-7-16)25(22,23)5-2;/h8,11,13-14,16H,4-7,9-10,12H2,1-3H3,(H2,18,19,20);1H. The number of sulfonamides is 1. The molecule has 1 fully saturated rings. The lowest BCUT2D eigenvalue weighted by molar-refractivity contribution is 0.306. The summed E-state index contributed by atoms with van der Waals surface area (Å²) in [6.07, 6.45) is 1.62. The molecule has 6 nitrogen and oxygen atoms in total. The van der Waals surface area contributed by atoms with Crippen molar-refractivity contribution in [1.29, 1.82) is 0 Å². The number of piperidine rings is 1. The number of guanidine groups is 1. The van der Waals surface area contributed by atoms with Gasteiger partial charge in [-0.1, -0.05) is 6.92 Å². The minimum Gasteiger partial charge on any atom is -0.357 e. The van der Waals surface area contributed by atoms with Crippen molar-refractivity contribution in [2.45, 2.75) is 45.6 Å². The summed E-state index contributed by atoms with van der Waals surface area (Å²) in [7, 11) is -3.07. The van der Waals surface area contributed by atoms with Crippen LogP contribution in [0.5, 0.6) is 0 Å². The zero-order valence-corrected chi connectivity index (χ0v) is 19.7. The lowest BCUT2D eigenvalue weighted by Crippen LogP contribution is -2.50. The fraction of sp³-hybridized carbons (Fsp3) is 0.706. The van der Waals surface area contributed by atoms with Crippen molar-refractivity contribution in [2.24, 2.45) is 4.99 Å². The predicted octanol–water partition coefficient (Wildman–Crippen LogP) is 2.84. The van der Waals surface area contributed by atoms with Gasteiger partial charge in [-0.15, -0.1) is 24.0 Å². The molecule has 0 amide bonds. The Morgan fingerprint density at radius 1 is 1.38 bits per heavy atom. The molecule has 1 aromatic heterocycles. The molecule has 0 radical (unpaired) electrons. The summed E-state index contributed by atoms with van der Waals surface area (Å²) in [4.78, 5) is 4.71. The molecule has 2 heterocycles. The van der Waals surface area contributed by atoms with Gasteiger partial charge in [0.05, 0.1) is 5.75 Å². The first-order valence-corrected chi connectivity index (χ1v) is 11.6. The molecule has 26 heavy (non-hydrogen) atoms. The van der Waals surface area contributed by atoms with Crippen molar-refractivity contribution in [3.63, 3.8) is 0 Å². The Kier molecular flexibility index (Phi) is 10.4. The second-order valence-corrected chi connectivity index (χ2v) is 9.43. The Labute approximate surface area is 178 Å². The summed E-state index contributed by atoms with van der Waals surface area (Å²) in [5.41, 5.74) is 1.32. The van der Waals surface area contributed by atoms with Crippen molar-refractivity contribution in [3.05, 3.63) is 22.4 Å². The molecule has 0 aliphatic carbocycles. The van der Waals surface area contributed by atoms with Crippen molar-refractivity contribution in [1.82, 2.24) is 14.9 Å². The van der Waals surface area contributed by atoms with Crippen LogP contribution >= 0.6 is 35.3 Å². The highest BCUT2D eigenvalue weighted by atomic mass is 127. The van der Waals surface area contributed by atoms with Gasteiger partial charge in [0, 0.05) is 38.1 Å². The van der Waals surface area contributed by atoms with Crippen LogP contribution in [-0.2, 0) is 10.0 Å². The number of hydrogen-bond donors (Lipinski definition) is 2. The molecular formula is C17H31IN4O2S2. The van der Waals surface area contributed by atoms with Gasteiger partial charge in [-0.25, -0.2) is 12.7 Å². The highest BCUT2D eigenvalue weighted by Gasteiger charge is 2.27. The van der Waals surface area contributed by atoms with Crippen LogP contribution in [0.1, 0.15) is 45.1 Å². The van der Waals surface area contributed by atoms with Crippen LogP contribution in [0.3, 0.4) is 0 Å². The molecule has 0 bridgehead atoms. The molecule has 2 N–H and O–H groups in total. The van der Waals surface area contributed by atoms with E-state index in [0.29, 0.717) is 19.0 Å². The Bertz CT molecular complexity index is 642. The Morgan fingerprint density at radius 2 is 2.08 bits per heavy atom. The molecule has 1 aliphatic heterocycles. The van der Waals surface area contributed by atoms with Crippen molar-refractivity contribution < 1.29 is 8.42 Å². The van der Waals surface area contributed by atoms with E-state index in [9.17, 15) is 8.42 Å². The minimum atomic E-state index is -3.07. The molecule has 150 valence electrons. The SMILES string of the molecule is CCNC(=NCC(C)c1ccsc1)NC1CCN(S(=O)(=O)CC)CC1.I. The van der Waals surface area contributed by atoms with Crippen molar-refractivity contribution in [3.8, 4) is 0 Å². The molecule has 0 aromatic carbocycles. The van der Waals surface area contributed by atoms with Gasteiger partial charge in [0.2, 0.25) is 10.0 Å². The van der Waals surface area contributed by atoms with Gasteiger partial charge in [-0.3, -0.25) is 4.99 Å². The Morgan fingerprint density at radius 3 is 2.62 bits per heavy atom. The zero-order chi connectivity index (χ0) is 18.3. The highest BCUT2D eigenvalue weighted by Crippen LogP contribution is 2.18. The van der Waals surface area contributed by atoms with Crippen LogP contribution in [-0.4, -0.2) is 56.7 Å². The molecule has 2 rings (SSSR count). The molecule has 1 unspecified atom stereocenters. The lowest BCUT2D eigenvalue weighted by atomic mass is 10.1. The first kappa shape index (κ1) is 23.6. The number of aliphatic imine (C=N–C) groups is 1. The fourth-order valence-electron chi connectivity index (χ4n) is 2.86. The van der Waals surface area contributed by atoms with Gasteiger partial charge < -0.3 is 10.6 Å². The average Bonchev–Trinajstić information content (AvgIpc) is 3.15. The summed E-state index contributed by atoms with van der Waals surface area (Å²) < 4.78 is 25.5. The molecule has 0 spiro atoms. The van der Waals surface area contributed by atoms with E-state index in [-0.39, 0.29) is 35.8 Å². The lowest BCUT2D eigenvalue weighted by Gasteiger charge is -2.32. The quantitative estimate of drug-likeness (QED) is 0.334. The number of nitrogens with one attached hydrogen (secondary N) is 2. The smallest absolute Gasteiger partial charge is 0.213 e. The normalized spacial score (nSPS) is 18.2. The topological polar surface area (TPSA) is 73.8 Å². The van der Waals surface area contributed by atoms with Gasteiger partial charge in [0.15, 0.2) is 5.96 Å². The molecule has 1 aromatic rings. The number of hydrogen-bond acceptors (Lipinski definition) is 4. The first-order valence-electron chi connectivity index (χ1n) is 9.01.